The molecule has 0 radical (unpaired) electrons. The van der Waals surface area contributed by atoms with Crippen LogP contribution in [0.4, 0.5) is 0 Å². The van der Waals surface area contributed by atoms with Gasteiger partial charge in [-0.15, -0.1) is 0 Å². The molecule has 1 N–H and O–H groups in total. The SMILES string of the molecule is COC(OC)C(C)NC(=O)c1cnc(Cl)cn1. The van der Waals surface area contributed by atoms with Crippen molar-refractivity contribution in [1.29, 1.82) is 0 Å². The normalized spacial score (nSPS) is 12.5. The van der Waals surface area contributed by atoms with Gasteiger partial charge in [0, 0.05) is 14.2 Å². The topological polar surface area (TPSA) is 73.3 Å². The summed E-state index contributed by atoms with van der Waals surface area (Å²) in [6.07, 6.45) is 2.10. The number of carbonyl (C=O) groups excluding carboxylic acids is 1. The molecule has 1 aromatic rings. The van der Waals surface area contributed by atoms with E-state index >= 15 is 0 Å². The molecule has 0 saturated heterocycles. The second-order valence-electron chi connectivity index (χ2n) is 3.33. The van der Waals surface area contributed by atoms with Gasteiger partial charge in [0.1, 0.15) is 10.8 Å². The molecule has 0 spiro atoms. The molecule has 7 heteroatoms. The van der Waals surface area contributed by atoms with Gasteiger partial charge in [0.2, 0.25) is 0 Å². The number of nitrogens with zero attached hydrogens (tertiary/aromatic N) is 2. The number of hydrogen-bond acceptors (Lipinski definition) is 5. The second kappa shape index (κ2) is 6.48. The Hall–Kier alpha value is -1.24. The zero-order valence-electron chi connectivity index (χ0n) is 9.81. The Bertz CT molecular complexity index is 368. The molecule has 1 heterocycles. The molecule has 0 aliphatic heterocycles. The van der Waals surface area contributed by atoms with Crippen molar-refractivity contribution in [3.05, 3.63) is 23.2 Å². The van der Waals surface area contributed by atoms with Crippen molar-refractivity contribution in [3.63, 3.8) is 0 Å². The van der Waals surface area contributed by atoms with E-state index < -0.39 is 6.29 Å². The summed E-state index contributed by atoms with van der Waals surface area (Å²) in [5.41, 5.74) is 0.187. The van der Waals surface area contributed by atoms with Crippen LogP contribution < -0.4 is 5.32 Å². The molecule has 0 fully saturated rings. The first-order valence-corrected chi connectivity index (χ1v) is 5.30. The first-order chi connectivity index (χ1) is 8.08. The Labute approximate surface area is 104 Å². The molecule has 0 saturated carbocycles. The Morgan fingerprint density at radius 3 is 2.47 bits per heavy atom. The van der Waals surface area contributed by atoms with E-state index in [9.17, 15) is 4.79 Å². The fraction of sp³-hybridized carbons (Fsp3) is 0.500. The predicted octanol–water partition coefficient (Wildman–Crippen LogP) is 0.867. The Morgan fingerprint density at radius 1 is 1.35 bits per heavy atom. The molecule has 1 amide bonds. The summed E-state index contributed by atoms with van der Waals surface area (Å²) >= 11 is 5.57. The van der Waals surface area contributed by atoms with Gasteiger partial charge in [-0.2, -0.15) is 0 Å². The van der Waals surface area contributed by atoms with Crippen LogP contribution in [0.2, 0.25) is 5.15 Å². The maximum atomic E-state index is 11.7. The monoisotopic (exact) mass is 259 g/mol. The van der Waals surface area contributed by atoms with E-state index in [0.29, 0.717) is 0 Å². The van der Waals surface area contributed by atoms with Crippen molar-refractivity contribution in [2.75, 3.05) is 14.2 Å². The minimum Gasteiger partial charge on any atom is -0.354 e. The number of hydrogen-bond donors (Lipinski definition) is 1. The Balaban J connectivity index is 2.62. The average molecular weight is 260 g/mol. The van der Waals surface area contributed by atoms with Crippen LogP contribution >= 0.6 is 11.6 Å². The summed E-state index contributed by atoms with van der Waals surface area (Å²) in [6.45, 7) is 1.76. The summed E-state index contributed by atoms with van der Waals surface area (Å²) in [5, 5.41) is 2.92. The van der Waals surface area contributed by atoms with Crippen molar-refractivity contribution < 1.29 is 14.3 Å². The van der Waals surface area contributed by atoms with Gasteiger partial charge < -0.3 is 14.8 Å². The Morgan fingerprint density at radius 2 is 2.00 bits per heavy atom. The maximum absolute atomic E-state index is 11.7. The number of amides is 1. The van der Waals surface area contributed by atoms with Crippen molar-refractivity contribution in [3.8, 4) is 0 Å². The zero-order valence-corrected chi connectivity index (χ0v) is 10.6. The third kappa shape index (κ3) is 3.92. The highest BCUT2D eigenvalue weighted by molar-refractivity contribution is 6.29. The molecular weight excluding hydrogens is 246 g/mol. The number of rotatable bonds is 5. The summed E-state index contributed by atoms with van der Waals surface area (Å²) in [6, 6.07) is -0.310. The second-order valence-corrected chi connectivity index (χ2v) is 3.71. The molecule has 0 aromatic carbocycles. The molecular formula is C10H14ClN3O3. The van der Waals surface area contributed by atoms with Crippen LogP contribution in [-0.2, 0) is 9.47 Å². The molecule has 1 atom stereocenters. The lowest BCUT2D eigenvalue weighted by atomic mass is 10.3. The highest BCUT2D eigenvalue weighted by Crippen LogP contribution is 2.03. The minimum atomic E-state index is -0.515. The molecule has 1 unspecified atom stereocenters. The van der Waals surface area contributed by atoms with Crippen LogP contribution in [0.15, 0.2) is 12.4 Å². The molecule has 1 rings (SSSR count). The van der Waals surface area contributed by atoms with Gasteiger partial charge in [0.05, 0.1) is 18.4 Å². The van der Waals surface area contributed by atoms with E-state index in [2.05, 4.69) is 15.3 Å². The summed E-state index contributed by atoms with van der Waals surface area (Å²) < 4.78 is 10.0. The average Bonchev–Trinajstić information content (AvgIpc) is 2.31. The molecule has 1 aromatic heterocycles. The maximum Gasteiger partial charge on any atom is 0.271 e. The van der Waals surface area contributed by atoms with Crippen LogP contribution in [0.1, 0.15) is 17.4 Å². The molecule has 0 aliphatic carbocycles. The van der Waals surface area contributed by atoms with Gasteiger partial charge >= 0.3 is 0 Å². The number of halogens is 1. The van der Waals surface area contributed by atoms with Crippen LogP contribution in [0.25, 0.3) is 0 Å². The van der Waals surface area contributed by atoms with Crippen molar-refractivity contribution in [1.82, 2.24) is 15.3 Å². The van der Waals surface area contributed by atoms with Gasteiger partial charge in [-0.05, 0) is 6.92 Å². The van der Waals surface area contributed by atoms with Crippen molar-refractivity contribution in [2.45, 2.75) is 19.3 Å². The highest BCUT2D eigenvalue weighted by atomic mass is 35.5. The standard InChI is InChI=1S/C10H14ClN3O3/c1-6(10(16-2)17-3)14-9(15)7-4-13-8(11)5-12-7/h4-6,10H,1-3H3,(H,14,15). The minimum absolute atomic E-state index is 0.187. The third-order valence-corrected chi connectivity index (χ3v) is 2.28. The van der Waals surface area contributed by atoms with Crippen molar-refractivity contribution >= 4 is 17.5 Å². The number of carbonyl (C=O) groups is 1. The van der Waals surface area contributed by atoms with Crippen LogP contribution in [-0.4, -0.2) is 42.4 Å². The molecule has 0 bridgehead atoms. The van der Waals surface area contributed by atoms with E-state index in [1.807, 2.05) is 0 Å². The van der Waals surface area contributed by atoms with E-state index in [-0.39, 0.29) is 22.8 Å². The predicted molar refractivity (Wildman–Crippen MR) is 61.8 cm³/mol. The summed E-state index contributed by atoms with van der Waals surface area (Å²) in [5.74, 6) is -0.360. The lowest BCUT2D eigenvalue weighted by Gasteiger charge is -2.21. The van der Waals surface area contributed by atoms with E-state index in [1.165, 1.54) is 26.6 Å². The zero-order chi connectivity index (χ0) is 12.8. The smallest absolute Gasteiger partial charge is 0.271 e. The fourth-order valence-corrected chi connectivity index (χ4v) is 1.38. The first-order valence-electron chi connectivity index (χ1n) is 4.92. The largest absolute Gasteiger partial charge is 0.354 e. The quantitative estimate of drug-likeness (QED) is 0.795. The Kier molecular flexibility index (Phi) is 5.27. The number of ether oxygens (including phenoxy) is 2. The molecule has 17 heavy (non-hydrogen) atoms. The molecule has 0 aliphatic rings. The first kappa shape index (κ1) is 13.8. The van der Waals surface area contributed by atoms with Crippen LogP contribution in [0.5, 0.6) is 0 Å². The number of methoxy groups -OCH3 is 2. The summed E-state index contributed by atoms with van der Waals surface area (Å²) in [4.78, 5) is 19.4. The summed E-state index contributed by atoms with van der Waals surface area (Å²) in [7, 11) is 3.00. The van der Waals surface area contributed by atoms with E-state index in [4.69, 9.17) is 21.1 Å². The lowest BCUT2D eigenvalue weighted by molar-refractivity contribution is -0.117. The van der Waals surface area contributed by atoms with Gasteiger partial charge in [-0.25, -0.2) is 9.97 Å². The van der Waals surface area contributed by atoms with Gasteiger partial charge in [0.25, 0.3) is 5.91 Å². The van der Waals surface area contributed by atoms with Gasteiger partial charge in [-0.3, -0.25) is 4.79 Å². The van der Waals surface area contributed by atoms with E-state index in [0.717, 1.165) is 0 Å². The molecule has 6 nitrogen and oxygen atoms in total. The fourth-order valence-electron chi connectivity index (χ4n) is 1.28. The highest BCUT2D eigenvalue weighted by Gasteiger charge is 2.19. The van der Waals surface area contributed by atoms with Gasteiger partial charge in [-0.1, -0.05) is 11.6 Å². The van der Waals surface area contributed by atoms with Crippen LogP contribution in [0, 0.1) is 0 Å². The van der Waals surface area contributed by atoms with E-state index in [1.54, 1.807) is 6.92 Å². The van der Waals surface area contributed by atoms with Crippen LogP contribution in [0.3, 0.4) is 0 Å². The van der Waals surface area contributed by atoms with Gasteiger partial charge in [0.15, 0.2) is 6.29 Å². The number of nitrogens with one attached hydrogen (secondary N) is 1. The lowest BCUT2D eigenvalue weighted by Crippen LogP contribution is -2.43. The van der Waals surface area contributed by atoms with Crippen molar-refractivity contribution in [2.24, 2.45) is 0 Å². The third-order valence-electron chi connectivity index (χ3n) is 2.08. The number of aromatic nitrogens is 2. The molecule has 94 valence electrons.